The van der Waals surface area contributed by atoms with Gasteiger partial charge in [0.1, 0.15) is 5.75 Å². The molecule has 2 aromatic rings. The molecule has 0 bridgehead atoms. The van der Waals surface area contributed by atoms with E-state index in [1.54, 1.807) is 18.8 Å². The van der Waals surface area contributed by atoms with E-state index in [0.717, 1.165) is 16.8 Å². The third-order valence-corrected chi connectivity index (χ3v) is 3.57. The molecule has 1 aromatic carbocycles. The summed E-state index contributed by atoms with van der Waals surface area (Å²) in [6.07, 6.45) is 2.28. The molecule has 0 fully saturated rings. The van der Waals surface area contributed by atoms with Crippen LogP contribution in [0.3, 0.4) is 0 Å². The molecule has 1 heterocycles. The Labute approximate surface area is 128 Å². The number of hydrogen-bond acceptors (Lipinski definition) is 3. The molecule has 0 spiro atoms. The zero-order valence-electron chi connectivity index (χ0n) is 12.3. The van der Waals surface area contributed by atoms with E-state index in [1.165, 1.54) is 0 Å². The van der Waals surface area contributed by atoms with Crippen molar-refractivity contribution in [1.29, 1.82) is 0 Å². The standard InChI is InChI=1S/C15H18ClN3O2/c1-10-11(9-19(18-10)8-7-14(20)17-2)15-12(16)5-4-6-13(15)21-3/h4-6,9H,7-8H2,1-3H3,(H,17,20). The summed E-state index contributed by atoms with van der Waals surface area (Å²) in [7, 11) is 3.23. The maximum absolute atomic E-state index is 11.3. The van der Waals surface area contributed by atoms with Crippen LogP contribution in [-0.2, 0) is 11.3 Å². The van der Waals surface area contributed by atoms with Crippen molar-refractivity contribution < 1.29 is 9.53 Å². The first-order valence-corrected chi connectivity index (χ1v) is 7.02. The van der Waals surface area contributed by atoms with Crippen molar-refractivity contribution in [2.24, 2.45) is 0 Å². The van der Waals surface area contributed by atoms with Gasteiger partial charge in [-0.05, 0) is 19.1 Å². The summed E-state index contributed by atoms with van der Waals surface area (Å²) in [5.74, 6) is 0.691. The number of ether oxygens (including phenoxy) is 1. The Hall–Kier alpha value is -2.01. The average Bonchev–Trinajstić information content (AvgIpc) is 2.85. The molecular weight excluding hydrogens is 290 g/mol. The van der Waals surface area contributed by atoms with Gasteiger partial charge in [0.15, 0.2) is 0 Å². The summed E-state index contributed by atoms with van der Waals surface area (Å²) in [5.41, 5.74) is 2.58. The molecule has 1 N–H and O–H groups in total. The molecule has 112 valence electrons. The molecule has 21 heavy (non-hydrogen) atoms. The Morgan fingerprint density at radius 1 is 1.48 bits per heavy atom. The number of halogens is 1. The molecule has 0 aliphatic rings. The number of amides is 1. The second kappa shape index (κ2) is 6.63. The third kappa shape index (κ3) is 3.36. The van der Waals surface area contributed by atoms with Gasteiger partial charge in [-0.1, -0.05) is 17.7 Å². The second-order valence-electron chi connectivity index (χ2n) is 4.63. The predicted octanol–water partition coefficient (Wildman–Crippen LogP) is 2.66. The molecule has 0 saturated heterocycles. The predicted molar refractivity (Wildman–Crippen MR) is 82.6 cm³/mol. The number of methoxy groups -OCH3 is 1. The number of aromatic nitrogens is 2. The second-order valence-corrected chi connectivity index (χ2v) is 5.04. The van der Waals surface area contributed by atoms with Crippen molar-refractivity contribution in [2.75, 3.05) is 14.2 Å². The van der Waals surface area contributed by atoms with Crippen molar-refractivity contribution in [3.05, 3.63) is 35.1 Å². The van der Waals surface area contributed by atoms with Crippen molar-refractivity contribution in [3.8, 4) is 16.9 Å². The van der Waals surface area contributed by atoms with Gasteiger partial charge in [-0.25, -0.2) is 0 Å². The highest BCUT2D eigenvalue weighted by atomic mass is 35.5. The summed E-state index contributed by atoms with van der Waals surface area (Å²) < 4.78 is 7.13. The van der Waals surface area contributed by atoms with E-state index >= 15 is 0 Å². The van der Waals surface area contributed by atoms with Gasteiger partial charge in [-0.3, -0.25) is 9.48 Å². The first-order chi connectivity index (χ1) is 10.1. The van der Waals surface area contributed by atoms with Crippen LogP contribution in [0.25, 0.3) is 11.1 Å². The molecule has 1 aromatic heterocycles. The first kappa shape index (κ1) is 15.4. The lowest BCUT2D eigenvalue weighted by Crippen LogP contribution is -2.19. The van der Waals surface area contributed by atoms with Gasteiger partial charge in [-0.15, -0.1) is 0 Å². The molecule has 0 radical (unpaired) electrons. The number of aryl methyl sites for hydroxylation is 2. The largest absolute Gasteiger partial charge is 0.496 e. The Morgan fingerprint density at radius 2 is 2.24 bits per heavy atom. The summed E-state index contributed by atoms with van der Waals surface area (Å²) in [4.78, 5) is 11.3. The fourth-order valence-corrected chi connectivity index (χ4v) is 2.42. The highest BCUT2D eigenvalue weighted by Gasteiger charge is 2.15. The molecule has 0 atom stereocenters. The summed E-state index contributed by atoms with van der Waals surface area (Å²) in [6, 6.07) is 5.53. The number of carbonyl (C=O) groups excluding carboxylic acids is 1. The van der Waals surface area contributed by atoms with Crippen LogP contribution >= 0.6 is 11.6 Å². The Morgan fingerprint density at radius 3 is 2.90 bits per heavy atom. The highest BCUT2D eigenvalue weighted by molar-refractivity contribution is 6.33. The lowest BCUT2D eigenvalue weighted by atomic mass is 10.1. The van der Waals surface area contributed by atoms with Crippen molar-refractivity contribution in [3.63, 3.8) is 0 Å². The van der Waals surface area contributed by atoms with Crippen molar-refractivity contribution in [2.45, 2.75) is 19.9 Å². The zero-order valence-corrected chi connectivity index (χ0v) is 13.1. The fourth-order valence-electron chi connectivity index (χ4n) is 2.15. The summed E-state index contributed by atoms with van der Waals surface area (Å²) >= 11 is 6.29. The lowest BCUT2D eigenvalue weighted by molar-refractivity contribution is -0.120. The highest BCUT2D eigenvalue weighted by Crippen LogP contribution is 2.37. The SMILES string of the molecule is CNC(=O)CCn1cc(-c2c(Cl)cccc2OC)c(C)n1. The molecule has 0 aliphatic heterocycles. The van der Waals surface area contributed by atoms with E-state index in [0.29, 0.717) is 23.7 Å². The molecule has 6 heteroatoms. The summed E-state index contributed by atoms with van der Waals surface area (Å²) in [5, 5.41) is 7.64. The molecule has 0 aliphatic carbocycles. The van der Waals surface area contributed by atoms with Crippen molar-refractivity contribution >= 4 is 17.5 Å². The molecular formula is C15H18ClN3O2. The van der Waals surface area contributed by atoms with Crippen molar-refractivity contribution in [1.82, 2.24) is 15.1 Å². The normalized spacial score (nSPS) is 10.5. The van der Waals surface area contributed by atoms with Crippen LogP contribution in [0.15, 0.2) is 24.4 Å². The van der Waals surface area contributed by atoms with E-state index in [-0.39, 0.29) is 5.91 Å². The molecule has 0 unspecified atom stereocenters. The van der Waals surface area contributed by atoms with Gasteiger partial charge in [0.2, 0.25) is 5.91 Å². The van der Waals surface area contributed by atoms with E-state index in [1.807, 2.05) is 31.3 Å². The zero-order chi connectivity index (χ0) is 15.4. The Kier molecular flexibility index (Phi) is 4.85. The fraction of sp³-hybridized carbons (Fsp3) is 0.333. The van der Waals surface area contributed by atoms with Gasteiger partial charge in [0.25, 0.3) is 0 Å². The van der Waals surface area contributed by atoms with Crippen LogP contribution in [0.5, 0.6) is 5.75 Å². The monoisotopic (exact) mass is 307 g/mol. The summed E-state index contributed by atoms with van der Waals surface area (Å²) in [6.45, 7) is 2.43. The molecule has 5 nitrogen and oxygen atoms in total. The van der Waals surface area contributed by atoms with Crippen LogP contribution in [0, 0.1) is 6.92 Å². The topological polar surface area (TPSA) is 56.2 Å². The number of rotatable bonds is 5. The minimum atomic E-state index is -0.0139. The van der Waals surface area contributed by atoms with Crippen LogP contribution in [0.1, 0.15) is 12.1 Å². The van der Waals surface area contributed by atoms with Gasteiger partial charge in [-0.2, -0.15) is 5.10 Å². The van der Waals surface area contributed by atoms with Crippen LogP contribution in [-0.4, -0.2) is 29.8 Å². The molecule has 1 amide bonds. The first-order valence-electron chi connectivity index (χ1n) is 6.64. The maximum Gasteiger partial charge on any atom is 0.221 e. The quantitative estimate of drug-likeness (QED) is 0.924. The number of carbonyl (C=O) groups is 1. The third-order valence-electron chi connectivity index (χ3n) is 3.26. The van der Waals surface area contributed by atoms with E-state index in [2.05, 4.69) is 10.4 Å². The van der Waals surface area contributed by atoms with E-state index < -0.39 is 0 Å². The smallest absolute Gasteiger partial charge is 0.221 e. The van der Waals surface area contributed by atoms with Gasteiger partial charge in [0.05, 0.1) is 17.8 Å². The minimum Gasteiger partial charge on any atom is -0.496 e. The number of nitrogens with zero attached hydrogens (tertiary/aromatic N) is 2. The average molecular weight is 308 g/mol. The van der Waals surface area contributed by atoms with Gasteiger partial charge >= 0.3 is 0 Å². The number of hydrogen-bond donors (Lipinski definition) is 1. The Bertz CT molecular complexity index is 652. The van der Waals surface area contributed by atoms with Crippen LogP contribution in [0.2, 0.25) is 5.02 Å². The van der Waals surface area contributed by atoms with E-state index in [4.69, 9.17) is 16.3 Å². The van der Waals surface area contributed by atoms with Crippen LogP contribution < -0.4 is 10.1 Å². The van der Waals surface area contributed by atoms with Crippen LogP contribution in [0.4, 0.5) is 0 Å². The molecule has 2 rings (SSSR count). The maximum atomic E-state index is 11.3. The van der Waals surface area contributed by atoms with E-state index in [9.17, 15) is 4.79 Å². The minimum absolute atomic E-state index is 0.0139. The van der Waals surface area contributed by atoms with Gasteiger partial charge < -0.3 is 10.1 Å². The molecule has 0 saturated carbocycles. The lowest BCUT2D eigenvalue weighted by Gasteiger charge is -2.09. The number of benzene rings is 1. The number of nitrogens with one attached hydrogen (secondary N) is 1. The Balaban J connectivity index is 2.33. The van der Waals surface area contributed by atoms with Gasteiger partial charge in [0, 0.05) is 37.3 Å².